The molecule has 0 unspecified atom stereocenters. The van der Waals surface area contributed by atoms with Gasteiger partial charge < -0.3 is 15.7 Å². The fourth-order valence-electron chi connectivity index (χ4n) is 1.84. The van der Waals surface area contributed by atoms with E-state index in [2.05, 4.69) is 24.5 Å². The zero-order valence-corrected chi connectivity index (χ0v) is 12.2. The normalized spacial score (nSPS) is 10.6. The highest BCUT2D eigenvalue weighted by molar-refractivity contribution is 5.93. The number of rotatable bonds is 7. The first-order valence-electron chi connectivity index (χ1n) is 6.77. The van der Waals surface area contributed by atoms with Crippen molar-refractivity contribution in [3.63, 3.8) is 0 Å². The van der Waals surface area contributed by atoms with E-state index in [1.165, 1.54) is 6.07 Å². The highest BCUT2D eigenvalue weighted by atomic mass is 16.4. The molecule has 1 aromatic rings. The summed E-state index contributed by atoms with van der Waals surface area (Å²) in [6.45, 7) is 6.65. The third-order valence-corrected chi connectivity index (χ3v) is 2.87. The Morgan fingerprint density at radius 2 is 2.00 bits per heavy atom. The maximum atomic E-state index is 11.7. The molecule has 0 spiro atoms. The third-order valence-electron chi connectivity index (χ3n) is 2.87. The fourth-order valence-corrected chi connectivity index (χ4v) is 1.84. The zero-order chi connectivity index (χ0) is 15.1. The highest BCUT2D eigenvalue weighted by Gasteiger charge is 2.08. The maximum absolute atomic E-state index is 11.7. The van der Waals surface area contributed by atoms with Gasteiger partial charge in [-0.1, -0.05) is 13.8 Å². The van der Waals surface area contributed by atoms with Crippen LogP contribution < -0.4 is 10.6 Å². The minimum Gasteiger partial charge on any atom is -0.478 e. The molecular formula is C15H22N2O3. The first-order chi connectivity index (χ1) is 9.40. The largest absolute Gasteiger partial charge is 0.478 e. The lowest BCUT2D eigenvalue weighted by Crippen LogP contribution is -2.24. The van der Waals surface area contributed by atoms with Gasteiger partial charge in [-0.2, -0.15) is 0 Å². The second kappa shape index (κ2) is 7.65. The molecule has 0 radical (unpaired) electrons. The van der Waals surface area contributed by atoms with E-state index in [0.29, 0.717) is 23.7 Å². The van der Waals surface area contributed by atoms with Crippen LogP contribution in [-0.2, 0) is 4.79 Å². The van der Waals surface area contributed by atoms with Crippen LogP contribution in [0.5, 0.6) is 0 Å². The van der Waals surface area contributed by atoms with Crippen LogP contribution in [0.1, 0.15) is 42.6 Å². The summed E-state index contributed by atoms with van der Waals surface area (Å²) in [5.41, 5.74) is 1.52. The number of aromatic carboxylic acids is 1. The number of aryl methyl sites for hydroxylation is 1. The number of anilines is 1. The molecule has 0 atom stereocenters. The average molecular weight is 278 g/mol. The summed E-state index contributed by atoms with van der Waals surface area (Å²) in [7, 11) is 0. The van der Waals surface area contributed by atoms with Crippen LogP contribution in [0.25, 0.3) is 0 Å². The molecule has 0 saturated carbocycles. The molecular weight excluding hydrogens is 256 g/mol. The van der Waals surface area contributed by atoms with Crippen molar-refractivity contribution in [3.8, 4) is 0 Å². The highest BCUT2D eigenvalue weighted by Crippen LogP contribution is 2.15. The topological polar surface area (TPSA) is 78.4 Å². The fraction of sp³-hybridized carbons (Fsp3) is 0.467. The Morgan fingerprint density at radius 1 is 1.30 bits per heavy atom. The van der Waals surface area contributed by atoms with Gasteiger partial charge in [-0.05, 0) is 43.7 Å². The summed E-state index contributed by atoms with van der Waals surface area (Å²) >= 11 is 0. The van der Waals surface area contributed by atoms with Gasteiger partial charge in [-0.3, -0.25) is 4.79 Å². The van der Waals surface area contributed by atoms with Gasteiger partial charge in [0.1, 0.15) is 0 Å². The molecule has 0 heterocycles. The van der Waals surface area contributed by atoms with E-state index in [-0.39, 0.29) is 11.5 Å². The van der Waals surface area contributed by atoms with Crippen molar-refractivity contribution in [1.82, 2.24) is 5.32 Å². The molecule has 0 aliphatic heterocycles. The molecule has 5 nitrogen and oxygen atoms in total. The Kier molecular flexibility index (Phi) is 6.18. The lowest BCUT2D eigenvalue weighted by molar-refractivity contribution is -0.116. The van der Waals surface area contributed by atoms with Crippen LogP contribution in [0.15, 0.2) is 18.2 Å². The molecule has 1 amide bonds. The van der Waals surface area contributed by atoms with Crippen LogP contribution in [0, 0.1) is 6.92 Å². The van der Waals surface area contributed by atoms with Crippen molar-refractivity contribution < 1.29 is 14.7 Å². The van der Waals surface area contributed by atoms with Gasteiger partial charge >= 0.3 is 5.97 Å². The van der Waals surface area contributed by atoms with Crippen LogP contribution in [0.4, 0.5) is 5.69 Å². The standard InChI is InChI=1S/C15H22N2O3/c1-10(2)16-8-4-5-14(18)17-12-6-7-13(15(19)20)11(3)9-12/h6-7,9-10,16H,4-5,8H2,1-3H3,(H,17,18)(H,19,20). The number of hydrogen-bond acceptors (Lipinski definition) is 3. The van der Waals surface area contributed by atoms with Gasteiger partial charge in [-0.15, -0.1) is 0 Å². The summed E-state index contributed by atoms with van der Waals surface area (Å²) < 4.78 is 0. The van der Waals surface area contributed by atoms with Crippen molar-refractivity contribution in [2.45, 2.75) is 39.7 Å². The Morgan fingerprint density at radius 3 is 2.55 bits per heavy atom. The summed E-state index contributed by atoms with van der Waals surface area (Å²) in [5.74, 6) is -1.02. The zero-order valence-electron chi connectivity index (χ0n) is 12.2. The van der Waals surface area contributed by atoms with E-state index in [4.69, 9.17) is 5.11 Å². The van der Waals surface area contributed by atoms with Gasteiger partial charge in [0.25, 0.3) is 0 Å². The van der Waals surface area contributed by atoms with E-state index in [1.54, 1.807) is 19.1 Å². The van der Waals surface area contributed by atoms with Crippen molar-refractivity contribution >= 4 is 17.6 Å². The van der Waals surface area contributed by atoms with Crippen LogP contribution in [-0.4, -0.2) is 29.6 Å². The maximum Gasteiger partial charge on any atom is 0.335 e. The van der Waals surface area contributed by atoms with Crippen LogP contribution in [0.2, 0.25) is 0 Å². The molecule has 1 rings (SSSR count). The minimum absolute atomic E-state index is 0.0574. The Balaban J connectivity index is 2.46. The minimum atomic E-state index is -0.958. The summed E-state index contributed by atoms with van der Waals surface area (Å²) in [4.78, 5) is 22.6. The van der Waals surface area contributed by atoms with E-state index in [0.717, 1.165) is 13.0 Å². The summed E-state index contributed by atoms with van der Waals surface area (Å²) in [5, 5.41) is 15.0. The van der Waals surface area contributed by atoms with Gasteiger partial charge in [0, 0.05) is 18.2 Å². The van der Waals surface area contributed by atoms with Crippen molar-refractivity contribution in [3.05, 3.63) is 29.3 Å². The van der Waals surface area contributed by atoms with Crippen molar-refractivity contribution in [2.75, 3.05) is 11.9 Å². The second-order valence-corrected chi connectivity index (χ2v) is 5.10. The monoisotopic (exact) mass is 278 g/mol. The predicted octanol–water partition coefficient (Wildman–Crippen LogP) is 2.41. The average Bonchev–Trinajstić information content (AvgIpc) is 2.34. The van der Waals surface area contributed by atoms with Crippen LogP contribution >= 0.6 is 0 Å². The number of carboxylic acids is 1. The molecule has 0 aromatic heterocycles. The molecule has 20 heavy (non-hydrogen) atoms. The summed E-state index contributed by atoms with van der Waals surface area (Å²) in [6, 6.07) is 5.21. The Hall–Kier alpha value is -1.88. The van der Waals surface area contributed by atoms with Gasteiger partial charge in [0.2, 0.25) is 5.91 Å². The molecule has 0 aliphatic carbocycles. The lowest BCUT2D eigenvalue weighted by atomic mass is 10.1. The first kappa shape index (κ1) is 16.2. The van der Waals surface area contributed by atoms with Gasteiger partial charge in [-0.25, -0.2) is 4.79 Å². The molecule has 5 heteroatoms. The molecule has 0 aliphatic rings. The quantitative estimate of drug-likeness (QED) is 0.669. The van der Waals surface area contributed by atoms with Crippen molar-refractivity contribution in [1.29, 1.82) is 0 Å². The molecule has 0 saturated heterocycles. The number of carbonyl (C=O) groups is 2. The number of nitrogens with one attached hydrogen (secondary N) is 2. The van der Waals surface area contributed by atoms with Gasteiger partial charge in [0.05, 0.1) is 5.56 Å². The molecule has 1 aromatic carbocycles. The van der Waals surface area contributed by atoms with Crippen molar-refractivity contribution in [2.24, 2.45) is 0 Å². The van der Waals surface area contributed by atoms with Gasteiger partial charge in [0.15, 0.2) is 0 Å². The molecule has 110 valence electrons. The summed E-state index contributed by atoms with van der Waals surface area (Å²) in [6.07, 6.45) is 1.22. The second-order valence-electron chi connectivity index (χ2n) is 5.10. The molecule has 3 N–H and O–H groups in total. The van der Waals surface area contributed by atoms with E-state index >= 15 is 0 Å². The Labute approximate surface area is 119 Å². The first-order valence-corrected chi connectivity index (χ1v) is 6.77. The van der Waals surface area contributed by atoms with E-state index in [9.17, 15) is 9.59 Å². The number of hydrogen-bond donors (Lipinski definition) is 3. The number of carbonyl (C=O) groups excluding carboxylic acids is 1. The lowest BCUT2D eigenvalue weighted by Gasteiger charge is -2.09. The Bertz CT molecular complexity index is 484. The number of carboxylic acid groups (broad SMARTS) is 1. The van der Waals surface area contributed by atoms with E-state index < -0.39 is 5.97 Å². The van der Waals surface area contributed by atoms with Crippen LogP contribution in [0.3, 0.4) is 0 Å². The number of benzene rings is 1. The number of amides is 1. The smallest absolute Gasteiger partial charge is 0.335 e. The molecule has 0 bridgehead atoms. The third kappa shape index (κ3) is 5.40. The molecule has 0 fully saturated rings. The predicted molar refractivity (Wildman–Crippen MR) is 79.1 cm³/mol. The SMILES string of the molecule is Cc1cc(NC(=O)CCCNC(C)C)ccc1C(=O)O. The van der Waals surface area contributed by atoms with E-state index in [1.807, 2.05) is 0 Å².